The van der Waals surface area contributed by atoms with Crippen molar-refractivity contribution in [3.63, 3.8) is 0 Å². The summed E-state index contributed by atoms with van der Waals surface area (Å²) in [5.74, 6) is 0.279. The van der Waals surface area contributed by atoms with E-state index in [1.165, 1.54) is 0 Å². The number of phenols is 2. The molecule has 0 fully saturated rings. The summed E-state index contributed by atoms with van der Waals surface area (Å²) in [6, 6.07) is 12.1. The molecule has 0 radical (unpaired) electrons. The standard InChI is InChI=1S/C21H18ClNO2/c1-14(16-8-3-4-11-19(16)24)18-10-5-6-13-23(18)15(2)21-17(22)9-7-12-20(21)25/h3-13,24-25H,2H2,1H3/b18-14+. The second kappa shape index (κ2) is 6.91. The van der Waals surface area contributed by atoms with Gasteiger partial charge in [-0.2, -0.15) is 0 Å². The molecule has 0 amide bonds. The van der Waals surface area contributed by atoms with E-state index in [1.54, 1.807) is 30.3 Å². The third kappa shape index (κ3) is 3.19. The molecular formula is C21H18ClNO2. The molecule has 1 aliphatic heterocycles. The molecule has 0 aromatic heterocycles. The highest BCUT2D eigenvalue weighted by atomic mass is 35.5. The molecule has 0 saturated heterocycles. The predicted molar refractivity (Wildman–Crippen MR) is 103 cm³/mol. The molecule has 1 aliphatic rings. The Labute approximate surface area is 152 Å². The van der Waals surface area contributed by atoms with Gasteiger partial charge in [-0.1, -0.05) is 48.5 Å². The monoisotopic (exact) mass is 351 g/mol. The summed E-state index contributed by atoms with van der Waals surface area (Å²) in [6.07, 6.45) is 7.57. The zero-order valence-corrected chi connectivity index (χ0v) is 14.5. The molecule has 25 heavy (non-hydrogen) atoms. The lowest BCUT2D eigenvalue weighted by molar-refractivity contribution is 0.470. The summed E-state index contributed by atoms with van der Waals surface area (Å²) in [6.45, 7) is 6.05. The summed E-state index contributed by atoms with van der Waals surface area (Å²) in [5, 5.41) is 20.8. The van der Waals surface area contributed by atoms with Crippen LogP contribution in [0.4, 0.5) is 0 Å². The van der Waals surface area contributed by atoms with Crippen molar-refractivity contribution in [2.24, 2.45) is 0 Å². The van der Waals surface area contributed by atoms with Gasteiger partial charge >= 0.3 is 0 Å². The van der Waals surface area contributed by atoms with Crippen LogP contribution in [0.3, 0.4) is 0 Å². The number of nitrogens with zero attached hydrogens (tertiary/aromatic N) is 1. The lowest BCUT2D eigenvalue weighted by atomic mass is 10.0. The normalized spacial score (nSPS) is 15.4. The number of hydrogen-bond acceptors (Lipinski definition) is 3. The van der Waals surface area contributed by atoms with E-state index >= 15 is 0 Å². The summed E-state index contributed by atoms with van der Waals surface area (Å²) in [4.78, 5) is 1.85. The Bertz CT molecular complexity index is 905. The van der Waals surface area contributed by atoms with Crippen LogP contribution in [-0.2, 0) is 0 Å². The molecule has 2 N–H and O–H groups in total. The van der Waals surface area contributed by atoms with Gasteiger partial charge in [-0.15, -0.1) is 0 Å². The van der Waals surface area contributed by atoms with Gasteiger partial charge in [0.25, 0.3) is 0 Å². The molecule has 126 valence electrons. The highest BCUT2D eigenvalue weighted by Crippen LogP contribution is 2.38. The van der Waals surface area contributed by atoms with E-state index < -0.39 is 0 Å². The van der Waals surface area contributed by atoms with Gasteiger partial charge in [-0.3, -0.25) is 0 Å². The fourth-order valence-electron chi connectivity index (χ4n) is 2.83. The summed E-state index contributed by atoms with van der Waals surface area (Å²) in [5.41, 5.74) is 3.48. The molecule has 2 aromatic rings. The smallest absolute Gasteiger partial charge is 0.126 e. The highest BCUT2D eigenvalue weighted by molar-refractivity contribution is 6.32. The maximum Gasteiger partial charge on any atom is 0.126 e. The third-order valence-corrected chi connectivity index (χ3v) is 4.44. The van der Waals surface area contributed by atoms with Crippen molar-refractivity contribution in [1.82, 2.24) is 4.90 Å². The Morgan fingerprint density at radius 3 is 2.44 bits per heavy atom. The minimum Gasteiger partial charge on any atom is -0.507 e. The molecule has 0 unspecified atom stereocenters. The van der Waals surface area contributed by atoms with Crippen LogP contribution >= 0.6 is 11.6 Å². The first-order chi connectivity index (χ1) is 12.0. The molecule has 0 spiro atoms. The number of para-hydroxylation sites is 1. The minimum atomic E-state index is 0.0695. The van der Waals surface area contributed by atoms with Crippen LogP contribution in [-0.4, -0.2) is 15.1 Å². The number of halogens is 1. The van der Waals surface area contributed by atoms with Crippen LogP contribution in [0, 0.1) is 0 Å². The molecule has 0 atom stereocenters. The maximum atomic E-state index is 10.2. The predicted octanol–water partition coefficient (Wildman–Crippen LogP) is 5.54. The van der Waals surface area contributed by atoms with Gasteiger partial charge < -0.3 is 15.1 Å². The zero-order valence-electron chi connectivity index (χ0n) is 13.8. The van der Waals surface area contributed by atoms with Gasteiger partial charge in [0.2, 0.25) is 0 Å². The Morgan fingerprint density at radius 1 is 1.00 bits per heavy atom. The van der Waals surface area contributed by atoms with Gasteiger partial charge in [0.05, 0.1) is 16.3 Å². The molecule has 0 bridgehead atoms. The van der Waals surface area contributed by atoms with Crippen molar-refractivity contribution in [1.29, 1.82) is 0 Å². The number of hydrogen-bond donors (Lipinski definition) is 2. The van der Waals surface area contributed by atoms with Crippen molar-refractivity contribution >= 4 is 22.9 Å². The van der Waals surface area contributed by atoms with E-state index in [4.69, 9.17) is 11.6 Å². The highest BCUT2D eigenvalue weighted by Gasteiger charge is 2.20. The lowest BCUT2D eigenvalue weighted by Gasteiger charge is -2.29. The quantitative estimate of drug-likeness (QED) is 0.763. The van der Waals surface area contributed by atoms with Crippen LogP contribution in [0.5, 0.6) is 11.5 Å². The molecule has 0 aliphatic carbocycles. The van der Waals surface area contributed by atoms with Crippen LogP contribution in [0.15, 0.2) is 79.2 Å². The number of benzene rings is 2. The summed E-state index contributed by atoms with van der Waals surface area (Å²) < 4.78 is 0. The van der Waals surface area contributed by atoms with Crippen molar-refractivity contribution < 1.29 is 10.2 Å². The molecular weight excluding hydrogens is 334 g/mol. The first kappa shape index (κ1) is 16.9. The molecule has 2 aromatic carbocycles. The van der Waals surface area contributed by atoms with Crippen molar-refractivity contribution in [2.75, 3.05) is 0 Å². The van der Waals surface area contributed by atoms with Gasteiger partial charge in [-0.25, -0.2) is 0 Å². The fraction of sp³-hybridized carbons (Fsp3) is 0.0476. The van der Waals surface area contributed by atoms with Crippen molar-refractivity contribution in [3.8, 4) is 11.5 Å². The molecule has 0 saturated carbocycles. The average molecular weight is 352 g/mol. The van der Waals surface area contributed by atoms with Gasteiger partial charge in [0.15, 0.2) is 0 Å². The Morgan fingerprint density at radius 2 is 1.72 bits per heavy atom. The summed E-state index contributed by atoms with van der Waals surface area (Å²) in [7, 11) is 0. The second-order valence-electron chi connectivity index (χ2n) is 5.68. The van der Waals surface area contributed by atoms with Crippen LogP contribution in [0.1, 0.15) is 18.1 Å². The third-order valence-electron chi connectivity index (χ3n) is 4.12. The van der Waals surface area contributed by atoms with Crippen LogP contribution < -0.4 is 0 Å². The van der Waals surface area contributed by atoms with E-state index in [9.17, 15) is 10.2 Å². The summed E-state index contributed by atoms with van der Waals surface area (Å²) >= 11 is 6.27. The SMILES string of the molecule is C=C(c1c(O)cccc1Cl)N1C=CC=C/C1=C(/C)c1ccccc1O. The fourth-order valence-corrected chi connectivity index (χ4v) is 3.11. The first-order valence-electron chi connectivity index (χ1n) is 7.81. The number of aromatic hydroxyl groups is 2. The van der Waals surface area contributed by atoms with E-state index in [2.05, 4.69) is 6.58 Å². The topological polar surface area (TPSA) is 43.7 Å². The van der Waals surface area contributed by atoms with E-state index in [0.717, 1.165) is 16.8 Å². The molecule has 3 rings (SSSR count). The van der Waals surface area contributed by atoms with Gasteiger partial charge in [-0.05, 0) is 42.8 Å². The number of rotatable bonds is 3. The Kier molecular flexibility index (Phi) is 4.68. The Hall–Kier alpha value is -2.91. The first-order valence-corrected chi connectivity index (χ1v) is 8.18. The lowest BCUT2D eigenvalue weighted by Crippen LogP contribution is -2.16. The van der Waals surface area contributed by atoms with E-state index in [1.807, 2.05) is 48.4 Å². The van der Waals surface area contributed by atoms with E-state index in [0.29, 0.717) is 16.3 Å². The van der Waals surface area contributed by atoms with E-state index in [-0.39, 0.29) is 11.5 Å². The largest absolute Gasteiger partial charge is 0.507 e. The molecule has 4 heteroatoms. The van der Waals surface area contributed by atoms with Crippen LogP contribution in [0.2, 0.25) is 5.02 Å². The Balaban J connectivity index is 2.10. The zero-order chi connectivity index (χ0) is 18.0. The molecule has 3 nitrogen and oxygen atoms in total. The van der Waals surface area contributed by atoms with Gasteiger partial charge in [0.1, 0.15) is 11.5 Å². The van der Waals surface area contributed by atoms with Crippen molar-refractivity contribution in [2.45, 2.75) is 6.92 Å². The number of allylic oxidation sites excluding steroid dienone is 4. The van der Waals surface area contributed by atoms with Gasteiger partial charge in [0, 0.05) is 17.5 Å². The van der Waals surface area contributed by atoms with Crippen molar-refractivity contribution in [3.05, 3.63) is 95.3 Å². The number of phenolic OH excluding ortho intramolecular Hbond substituents is 2. The second-order valence-corrected chi connectivity index (χ2v) is 6.09. The van der Waals surface area contributed by atoms with Crippen LogP contribution in [0.25, 0.3) is 11.3 Å². The minimum absolute atomic E-state index is 0.0695. The molecule has 1 heterocycles. The maximum absolute atomic E-state index is 10.2. The average Bonchev–Trinajstić information content (AvgIpc) is 2.61.